The molecule has 1 aromatic carbocycles. The summed E-state index contributed by atoms with van der Waals surface area (Å²) in [7, 11) is 1.75. The molecule has 2 fully saturated rings. The van der Waals surface area contributed by atoms with Crippen LogP contribution in [0.15, 0.2) is 35.5 Å². The third kappa shape index (κ3) is 4.29. The highest BCUT2D eigenvalue weighted by atomic mass is 32.2. The number of tetrazole rings is 1. The molecule has 29 heavy (non-hydrogen) atoms. The zero-order valence-corrected chi connectivity index (χ0v) is 17.5. The third-order valence-electron chi connectivity index (χ3n) is 5.95. The molecule has 0 aliphatic carbocycles. The van der Waals surface area contributed by atoms with Crippen LogP contribution in [0, 0.1) is 5.41 Å². The van der Waals surface area contributed by atoms with Crippen molar-refractivity contribution in [2.24, 2.45) is 12.5 Å². The van der Waals surface area contributed by atoms with Crippen LogP contribution < -0.4 is 0 Å². The minimum atomic E-state index is -0.401. The van der Waals surface area contributed by atoms with E-state index in [4.69, 9.17) is 0 Å². The molecule has 0 bridgehead atoms. The second-order valence-corrected chi connectivity index (χ2v) is 8.79. The molecular formula is C20H26N6O2S. The number of hydrogen-bond donors (Lipinski definition) is 0. The van der Waals surface area contributed by atoms with E-state index in [2.05, 4.69) is 27.7 Å². The molecule has 9 heteroatoms. The molecular weight excluding hydrogens is 388 g/mol. The molecule has 0 saturated carbocycles. The first-order chi connectivity index (χ1) is 14.1. The Kier molecular flexibility index (Phi) is 5.84. The van der Waals surface area contributed by atoms with E-state index in [-0.39, 0.29) is 17.6 Å². The predicted molar refractivity (Wildman–Crippen MR) is 109 cm³/mol. The van der Waals surface area contributed by atoms with Crippen molar-refractivity contribution < 1.29 is 9.59 Å². The lowest BCUT2D eigenvalue weighted by Gasteiger charge is -2.39. The van der Waals surface area contributed by atoms with E-state index in [1.54, 1.807) is 11.7 Å². The maximum atomic E-state index is 13.3. The summed E-state index contributed by atoms with van der Waals surface area (Å²) >= 11 is 1.33. The number of carbonyl (C=O) groups is 2. The van der Waals surface area contributed by atoms with Crippen LogP contribution in [0.5, 0.6) is 0 Å². The minimum Gasteiger partial charge on any atom is -0.342 e. The normalized spacial score (nSPS) is 21.9. The Balaban J connectivity index is 1.33. The standard InChI is InChI=1S/C20H26N6O2S/c1-24-19(21-22-23-24)29-14-17(27)26-13-10-20(15-26)9-5-11-25(18(20)28)12-8-16-6-3-2-4-7-16/h2-4,6-7H,5,8-15H2,1H3/t20-/m1/s1. The number of benzene rings is 1. The third-order valence-corrected chi connectivity index (χ3v) is 6.95. The molecule has 0 N–H and O–H groups in total. The Hall–Kier alpha value is -2.42. The fourth-order valence-corrected chi connectivity index (χ4v) is 5.05. The summed E-state index contributed by atoms with van der Waals surface area (Å²) in [5.74, 6) is 0.556. The smallest absolute Gasteiger partial charge is 0.233 e. The second-order valence-electron chi connectivity index (χ2n) is 7.85. The summed E-state index contributed by atoms with van der Waals surface area (Å²) in [6.45, 7) is 2.74. The number of likely N-dealkylation sites (tertiary alicyclic amines) is 2. The number of piperidine rings is 1. The first-order valence-electron chi connectivity index (χ1n) is 10.0. The zero-order valence-electron chi connectivity index (χ0n) is 16.7. The summed E-state index contributed by atoms with van der Waals surface area (Å²) in [4.78, 5) is 29.8. The van der Waals surface area contributed by atoms with E-state index in [1.165, 1.54) is 17.3 Å². The topological polar surface area (TPSA) is 84.2 Å². The van der Waals surface area contributed by atoms with Gasteiger partial charge in [-0.15, -0.1) is 5.10 Å². The van der Waals surface area contributed by atoms with Crippen LogP contribution in [-0.2, 0) is 23.1 Å². The monoisotopic (exact) mass is 414 g/mol. The van der Waals surface area contributed by atoms with Crippen LogP contribution in [0.2, 0.25) is 0 Å². The average molecular weight is 415 g/mol. The van der Waals surface area contributed by atoms with E-state index in [0.717, 1.165) is 38.8 Å². The van der Waals surface area contributed by atoms with Crippen molar-refractivity contribution in [3.05, 3.63) is 35.9 Å². The van der Waals surface area contributed by atoms with Gasteiger partial charge in [0, 0.05) is 33.2 Å². The van der Waals surface area contributed by atoms with Crippen molar-refractivity contribution in [1.82, 2.24) is 30.0 Å². The average Bonchev–Trinajstić information content (AvgIpc) is 3.35. The van der Waals surface area contributed by atoms with Gasteiger partial charge in [0.1, 0.15) is 0 Å². The largest absolute Gasteiger partial charge is 0.342 e. The van der Waals surface area contributed by atoms with Gasteiger partial charge in [0.05, 0.1) is 11.2 Å². The summed E-state index contributed by atoms with van der Waals surface area (Å²) in [6, 6.07) is 10.3. The Bertz CT molecular complexity index is 873. The molecule has 0 radical (unpaired) electrons. The molecule has 2 aliphatic rings. The van der Waals surface area contributed by atoms with Gasteiger partial charge in [0.25, 0.3) is 0 Å². The SMILES string of the molecule is Cn1nnnc1SCC(=O)N1CC[C@]2(CCCN(CCc3ccccc3)C2=O)C1. The molecule has 2 aliphatic heterocycles. The van der Waals surface area contributed by atoms with Gasteiger partial charge in [-0.2, -0.15) is 0 Å². The molecule has 0 unspecified atom stereocenters. The lowest BCUT2D eigenvalue weighted by Crippen LogP contribution is -2.51. The molecule has 4 rings (SSSR count). The number of nitrogens with zero attached hydrogens (tertiary/aromatic N) is 6. The van der Waals surface area contributed by atoms with Crippen molar-refractivity contribution >= 4 is 23.6 Å². The van der Waals surface area contributed by atoms with Crippen LogP contribution in [0.1, 0.15) is 24.8 Å². The van der Waals surface area contributed by atoms with Gasteiger partial charge < -0.3 is 9.80 Å². The van der Waals surface area contributed by atoms with Crippen molar-refractivity contribution in [2.45, 2.75) is 30.8 Å². The highest BCUT2D eigenvalue weighted by Crippen LogP contribution is 2.40. The molecule has 2 aromatic rings. The number of carbonyl (C=O) groups excluding carboxylic acids is 2. The van der Waals surface area contributed by atoms with Crippen LogP contribution in [-0.4, -0.2) is 73.8 Å². The van der Waals surface area contributed by atoms with Gasteiger partial charge in [0.2, 0.25) is 17.0 Å². The van der Waals surface area contributed by atoms with E-state index >= 15 is 0 Å². The molecule has 1 aromatic heterocycles. The van der Waals surface area contributed by atoms with Crippen molar-refractivity contribution in [1.29, 1.82) is 0 Å². The lowest BCUT2D eigenvalue weighted by molar-refractivity contribution is -0.146. The first-order valence-corrected chi connectivity index (χ1v) is 11.0. The number of aromatic nitrogens is 4. The van der Waals surface area contributed by atoms with E-state index in [0.29, 0.717) is 18.2 Å². The van der Waals surface area contributed by atoms with Crippen molar-refractivity contribution in [3.63, 3.8) is 0 Å². The quantitative estimate of drug-likeness (QED) is 0.664. The lowest BCUT2D eigenvalue weighted by atomic mass is 9.78. The highest BCUT2D eigenvalue weighted by molar-refractivity contribution is 7.99. The van der Waals surface area contributed by atoms with E-state index < -0.39 is 5.41 Å². The Labute approximate surface area is 174 Å². The molecule has 1 spiro atoms. The molecule has 3 heterocycles. The van der Waals surface area contributed by atoms with E-state index in [1.807, 2.05) is 28.0 Å². The number of aryl methyl sites for hydroxylation is 1. The summed E-state index contributed by atoms with van der Waals surface area (Å²) < 4.78 is 1.55. The molecule has 2 saturated heterocycles. The van der Waals surface area contributed by atoms with Gasteiger partial charge in [-0.25, -0.2) is 4.68 Å². The van der Waals surface area contributed by atoms with Crippen LogP contribution >= 0.6 is 11.8 Å². The second kappa shape index (κ2) is 8.52. The minimum absolute atomic E-state index is 0.0454. The number of thioether (sulfide) groups is 1. The molecule has 1 atom stereocenters. The number of amides is 2. The summed E-state index contributed by atoms with van der Waals surface area (Å²) in [5, 5.41) is 11.9. The zero-order chi connectivity index (χ0) is 20.3. The fraction of sp³-hybridized carbons (Fsp3) is 0.550. The number of hydrogen-bond acceptors (Lipinski definition) is 6. The van der Waals surface area contributed by atoms with Crippen LogP contribution in [0.4, 0.5) is 0 Å². The van der Waals surface area contributed by atoms with Crippen molar-refractivity contribution in [3.8, 4) is 0 Å². The maximum Gasteiger partial charge on any atom is 0.233 e. The van der Waals surface area contributed by atoms with Crippen molar-refractivity contribution in [2.75, 3.05) is 31.9 Å². The highest BCUT2D eigenvalue weighted by Gasteiger charge is 2.49. The van der Waals surface area contributed by atoms with Gasteiger partial charge in [-0.05, 0) is 41.7 Å². The number of rotatable bonds is 6. The van der Waals surface area contributed by atoms with Gasteiger partial charge in [-0.1, -0.05) is 42.1 Å². The Morgan fingerprint density at radius 1 is 1.21 bits per heavy atom. The van der Waals surface area contributed by atoms with Gasteiger partial charge in [-0.3, -0.25) is 9.59 Å². The van der Waals surface area contributed by atoms with E-state index in [9.17, 15) is 9.59 Å². The Morgan fingerprint density at radius 2 is 2.03 bits per heavy atom. The molecule has 8 nitrogen and oxygen atoms in total. The summed E-state index contributed by atoms with van der Waals surface area (Å²) in [5.41, 5.74) is 0.847. The Morgan fingerprint density at radius 3 is 2.79 bits per heavy atom. The van der Waals surface area contributed by atoms with Crippen LogP contribution in [0.25, 0.3) is 0 Å². The molecule has 2 amide bonds. The molecule has 154 valence electrons. The summed E-state index contributed by atoms with van der Waals surface area (Å²) in [6.07, 6.45) is 3.50. The van der Waals surface area contributed by atoms with Gasteiger partial charge >= 0.3 is 0 Å². The van der Waals surface area contributed by atoms with Crippen LogP contribution in [0.3, 0.4) is 0 Å². The first kappa shape index (κ1) is 19.9. The van der Waals surface area contributed by atoms with Gasteiger partial charge in [0.15, 0.2) is 0 Å². The fourth-order valence-electron chi connectivity index (χ4n) is 4.30. The predicted octanol–water partition coefficient (Wildman–Crippen LogP) is 1.39. The maximum absolute atomic E-state index is 13.3.